The quantitative estimate of drug-likeness (QED) is 0.811. The molecular formula is C21H23ClN2O3. The number of rotatable bonds is 4. The number of ether oxygens (including phenoxy) is 1. The molecule has 1 amide bonds. The molecule has 1 fully saturated rings. The molecule has 0 N–H and O–H groups in total. The number of aromatic nitrogens is 1. The Hall–Kier alpha value is -2.11. The number of nitrogens with zero attached hydrogens (tertiary/aromatic N) is 2. The maximum absolute atomic E-state index is 13.1. The summed E-state index contributed by atoms with van der Waals surface area (Å²) in [5, 5.41) is 0.657. The topological polar surface area (TPSA) is 51.5 Å². The number of carbonyl (C=O) groups excluding carboxylic acids is 1. The molecule has 142 valence electrons. The first kappa shape index (κ1) is 18.3. The standard InChI is InChI=1S/C21H23ClN2O3/c1-27-9-8-20(25)23-11-14-10-16(13-23)19-7-6-18(21(26)24(19)12-14)15-2-4-17(22)5-3-15/h2-7,14,16H,8-13H2,1H3. The molecule has 4 rings (SSSR count). The fourth-order valence-electron chi connectivity index (χ4n) is 4.35. The third kappa shape index (κ3) is 3.54. The van der Waals surface area contributed by atoms with Crippen LogP contribution in [0.2, 0.25) is 5.02 Å². The number of halogens is 1. The highest BCUT2D eigenvalue weighted by Crippen LogP contribution is 2.36. The molecule has 2 aromatic rings. The molecule has 0 aliphatic carbocycles. The summed E-state index contributed by atoms with van der Waals surface area (Å²) in [4.78, 5) is 27.5. The minimum absolute atomic E-state index is 0.0451. The van der Waals surface area contributed by atoms with Crippen LogP contribution in [0.5, 0.6) is 0 Å². The Morgan fingerprint density at radius 1 is 1.15 bits per heavy atom. The van der Waals surface area contributed by atoms with Crippen LogP contribution < -0.4 is 5.56 Å². The molecule has 0 radical (unpaired) electrons. The van der Waals surface area contributed by atoms with Crippen molar-refractivity contribution in [2.45, 2.75) is 25.3 Å². The van der Waals surface area contributed by atoms with Gasteiger partial charge in [-0.1, -0.05) is 23.7 Å². The summed E-state index contributed by atoms with van der Waals surface area (Å²) in [5.41, 5.74) is 2.66. The van der Waals surface area contributed by atoms with E-state index in [1.165, 1.54) is 0 Å². The summed E-state index contributed by atoms with van der Waals surface area (Å²) in [6.45, 7) is 2.51. The van der Waals surface area contributed by atoms with E-state index < -0.39 is 0 Å². The van der Waals surface area contributed by atoms with Crippen LogP contribution >= 0.6 is 11.6 Å². The van der Waals surface area contributed by atoms with E-state index in [2.05, 4.69) is 6.07 Å². The molecule has 2 unspecified atom stereocenters. The van der Waals surface area contributed by atoms with Crippen LogP contribution in [-0.4, -0.2) is 42.2 Å². The zero-order valence-corrected chi connectivity index (χ0v) is 16.1. The van der Waals surface area contributed by atoms with Gasteiger partial charge in [-0.2, -0.15) is 0 Å². The number of piperidine rings is 1. The summed E-state index contributed by atoms with van der Waals surface area (Å²) in [6, 6.07) is 11.3. The molecule has 1 aromatic carbocycles. The molecule has 2 bridgehead atoms. The normalized spacial score (nSPS) is 21.0. The van der Waals surface area contributed by atoms with Crippen molar-refractivity contribution in [2.24, 2.45) is 5.92 Å². The molecular weight excluding hydrogens is 364 g/mol. The number of benzene rings is 1. The molecule has 5 nitrogen and oxygen atoms in total. The number of amides is 1. The highest BCUT2D eigenvalue weighted by Gasteiger charge is 2.36. The van der Waals surface area contributed by atoms with Crippen LogP contribution in [0.4, 0.5) is 0 Å². The lowest BCUT2D eigenvalue weighted by Gasteiger charge is -2.43. The summed E-state index contributed by atoms with van der Waals surface area (Å²) in [6.07, 6.45) is 1.45. The van der Waals surface area contributed by atoms with Gasteiger partial charge < -0.3 is 14.2 Å². The second-order valence-electron chi connectivity index (χ2n) is 7.43. The number of carbonyl (C=O) groups is 1. The Bertz CT molecular complexity index is 907. The molecule has 1 aromatic heterocycles. The Labute approximate surface area is 163 Å². The molecule has 27 heavy (non-hydrogen) atoms. The van der Waals surface area contributed by atoms with E-state index in [4.69, 9.17) is 16.3 Å². The summed E-state index contributed by atoms with van der Waals surface area (Å²) in [5.74, 6) is 0.678. The molecule has 0 saturated carbocycles. The first-order valence-electron chi connectivity index (χ1n) is 9.33. The lowest BCUT2D eigenvalue weighted by molar-refractivity contribution is -0.134. The van der Waals surface area contributed by atoms with E-state index >= 15 is 0 Å². The molecule has 0 spiro atoms. The van der Waals surface area contributed by atoms with Crippen molar-refractivity contribution >= 4 is 17.5 Å². The van der Waals surface area contributed by atoms with Crippen LogP contribution in [0.1, 0.15) is 24.5 Å². The van der Waals surface area contributed by atoms with E-state index in [1.54, 1.807) is 19.2 Å². The predicted octanol–water partition coefficient (Wildman–Crippen LogP) is 3.15. The molecule has 3 heterocycles. The van der Waals surface area contributed by atoms with Crippen molar-refractivity contribution in [3.05, 3.63) is 57.5 Å². The fraction of sp³-hybridized carbons (Fsp3) is 0.429. The molecule has 1 saturated heterocycles. The summed E-state index contributed by atoms with van der Waals surface area (Å²) in [7, 11) is 1.61. The van der Waals surface area contributed by atoms with Gasteiger partial charge in [0.2, 0.25) is 5.91 Å². The molecule has 2 aliphatic rings. The summed E-state index contributed by atoms with van der Waals surface area (Å²) >= 11 is 5.97. The third-order valence-electron chi connectivity index (χ3n) is 5.63. The SMILES string of the molecule is COCCC(=O)N1CC2CC(C1)c1ccc(-c3ccc(Cl)cc3)c(=O)n1C2. The predicted molar refractivity (Wildman–Crippen MR) is 105 cm³/mol. The van der Waals surface area contributed by atoms with E-state index in [-0.39, 0.29) is 17.4 Å². The molecule has 2 atom stereocenters. The minimum Gasteiger partial charge on any atom is -0.384 e. The van der Waals surface area contributed by atoms with Gasteiger partial charge in [-0.25, -0.2) is 0 Å². The Morgan fingerprint density at radius 3 is 2.67 bits per heavy atom. The van der Waals surface area contributed by atoms with Crippen molar-refractivity contribution in [1.82, 2.24) is 9.47 Å². The van der Waals surface area contributed by atoms with Crippen molar-refractivity contribution in [1.29, 1.82) is 0 Å². The number of pyridine rings is 1. The van der Waals surface area contributed by atoms with Crippen molar-refractivity contribution in [2.75, 3.05) is 26.8 Å². The van der Waals surface area contributed by atoms with E-state index in [0.29, 0.717) is 42.6 Å². The molecule has 2 aliphatic heterocycles. The van der Waals surface area contributed by atoms with Crippen LogP contribution in [0, 0.1) is 5.92 Å². The van der Waals surface area contributed by atoms with Gasteiger partial charge in [-0.15, -0.1) is 0 Å². The zero-order valence-electron chi connectivity index (χ0n) is 15.4. The average molecular weight is 387 g/mol. The third-order valence-corrected chi connectivity index (χ3v) is 5.88. The second-order valence-corrected chi connectivity index (χ2v) is 7.87. The zero-order chi connectivity index (χ0) is 19.0. The van der Waals surface area contributed by atoms with Gasteiger partial charge in [0.1, 0.15) is 0 Å². The Balaban J connectivity index is 1.63. The Morgan fingerprint density at radius 2 is 1.93 bits per heavy atom. The van der Waals surface area contributed by atoms with Crippen LogP contribution in [0.3, 0.4) is 0 Å². The molecule has 6 heteroatoms. The van der Waals surface area contributed by atoms with Crippen LogP contribution in [-0.2, 0) is 16.1 Å². The van der Waals surface area contributed by atoms with Gasteiger partial charge in [0.15, 0.2) is 0 Å². The lowest BCUT2D eigenvalue weighted by atomic mass is 9.82. The van der Waals surface area contributed by atoms with Gasteiger partial charge in [0.05, 0.1) is 13.0 Å². The van der Waals surface area contributed by atoms with Gasteiger partial charge >= 0.3 is 0 Å². The van der Waals surface area contributed by atoms with Crippen LogP contribution in [0.25, 0.3) is 11.1 Å². The largest absolute Gasteiger partial charge is 0.384 e. The van der Waals surface area contributed by atoms with Crippen molar-refractivity contribution < 1.29 is 9.53 Å². The minimum atomic E-state index is 0.0451. The first-order valence-corrected chi connectivity index (χ1v) is 9.71. The number of hydrogen-bond donors (Lipinski definition) is 0. The van der Waals surface area contributed by atoms with Gasteiger partial charge in [0.25, 0.3) is 5.56 Å². The number of likely N-dealkylation sites (tertiary alicyclic amines) is 1. The smallest absolute Gasteiger partial charge is 0.258 e. The van der Waals surface area contributed by atoms with Crippen LogP contribution in [0.15, 0.2) is 41.2 Å². The second kappa shape index (κ2) is 7.49. The maximum atomic E-state index is 13.1. The highest BCUT2D eigenvalue weighted by molar-refractivity contribution is 6.30. The van der Waals surface area contributed by atoms with Crippen molar-refractivity contribution in [3.63, 3.8) is 0 Å². The van der Waals surface area contributed by atoms with Crippen molar-refractivity contribution in [3.8, 4) is 11.1 Å². The van der Waals surface area contributed by atoms with E-state index in [0.717, 1.165) is 24.2 Å². The highest BCUT2D eigenvalue weighted by atomic mass is 35.5. The maximum Gasteiger partial charge on any atom is 0.258 e. The van der Waals surface area contributed by atoms with Gasteiger partial charge in [0, 0.05) is 48.9 Å². The number of methoxy groups -OCH3 is 1. The Kier molecular flexibility index (Phi) is 5.06. The lowest BCUT2D eigenvalue weighted by Crippen LogP contribution is -2.49. The monoisotopic (exact) mass is 386 g/mol. The fourth-order valence-corrected chi connectivity index (χ4v) is 4.47. The average Bonchev–Trinajstić information content (AvgIpc) is 2.67. The van der Waals surface area contributed by atoms with Gasteiger partial charge in [-0.3, -0.25) is 9.59 Å². The number of fused-ring (bicyclic) bond motifs is 4. The van der Waals surface area contributed by atoms with E-state index in [9.17, 15) is 9.59 Å². The number of hydrogen-bond acceptors (Lipinski definition) is 3. The first-order chi connectivity index (χ1) is 13.1. The van der Waals surface area contributed by atoms with E-state index in [1.807, 2.05) is 27.7 Å². The van der Waals surface area contributed by atoms with Gasteiger partial charge in [-0.05, 0) is 42.2 Å². The summed E-state index contributed by atoms with van der Waals surface area (Å²) < 4.78 is 6.95.